The summed E-state index contributed by atoms with van der Waals surface area (Å²) in [7, 11) is -1.63. The van der Waals surface area contributed by atoms with E-state index in [0.717, 1.165) is 38.1 Å². The summed E-state index contributed by atoms with van der Waals surface area (Å²) >= 11 is 6.39. The van der Waals surface area contributed by atoms with Crippen LogP contribution in [0.3, 0.4) is 0 Å². The van der Waals surface area contributed by atoms with E-state index in [1.807, 2.05) is 25.1 Å². The standard InChI is InChI=1S/C27H33ClN6O4S/c1-3-37-24-14-19(38-20-12-13-34(2)17-20)10-11-22(24)32-27-29-16-21(28)26(33-27)31-23-6-4-5-7-25(23)39(35,36)30-15-18-8-9-18/h4-7,10-11,14,16,18,20,30H,3,8-9,12-13,15,17H2,1-2H3,(H2,29,31,32,33)/t20-/m0/s1. The number of ether oxygens (including phenoxy) is 2. The van der Waals surface area contributed by atoms with Crippen LogP contribution in [0.5, 0.6) is 11.5 Å². The number of hydrogen-bond acceptors (Lipinski definition) is 9. The van der Waals surface area contributed by atoms with Crippen molar-refractivity contribution in [3.63, 3.8) is 0 Å². The maximum Gasteiger partial charge on any atom is 0.242 e. The molecule has 1 saturated heterocycles. The first-order valence-corrected chi connectivity index (χ1v) is 14.9. The van der Waals surface area contributed by atoms with Crippen LogP contribution >= 0.6 is 11.6 Å². The average Bonchev–Trinajstić information content (AvgIpc) is 3.66. The molecule has 39 heavy (non-hydrogen) atoms. The summed E-state index contributed by atoms with van der Waals surface area (Å²) in [6, 6.07) is 12.2. The minimum atomic E-state index is -3.71. The molecule has 1 aliphatic heterocycles. The summed E-state index contributed by atoms with van der Waals surface area (Å²) in [5.41, 5.74) is 1.02. The molecule has 5 rings (SSSR count). The van der Waals surface area contributed by atoms with Gasteiger partial charge in [0.1, 0.15) is 27.5 Å². The molecule has 1 aromatic heterocycles. The van der Waals surface area contributed by atoms with Gasteiger partial charge in [-0.2, -0.15) is 4.98 Å². The van der Waals surface area contributed by atoms with Gasteiger partial charge in [0.15, 0.2) is 5.82 Å². The third-order valence-corrected chi connectivity index (χ3v) is 8.34. The number of sulfonamides is 1. The molecule has 0 radical (unpaired) electrons. The lowest BCUT2D eigenvalue weighted by atomic mass is 10.2. The first-order chi connectivity index (χ1) is 18.8. The quantitative estimate of drug-likeness (QED) is 0.281. The Morgan fingerprint density at radius 2 is 1.92 bits per heavy atom. The zero-order valence-corrected chi connectivity index (χ0v) is 23.6. The second kappa shape index (κ2) is 12.0. The second-order valence-electron chi connectivity index (χ2n) is 9.81. The summed E-state index contributed by atoms with van der Waals surface area (Å²) in [6.07, 6.45) is 4.68. The smallest absolute Gasteiger partial charge is 0.242 e. The molecule has 1 aliphatic carbocycles. The Bertz CT molecular complexity index is 1420. The Balaban J connectivity index is 1.34. The van der Waals surface area contributed by atoms with Crippen LogP contribution in [0.1, 0.15) is 26.2 Å². The molecule has 3 N–H and O–H groups in total. The van der Waals surface area contributed by atoms with Crippen LogP contribution in [0, 0.1) is 5.92 Å². The lowest BCUT2D eigenvalue weighted by Gasteiger charge is -2.17. The van der Waals surface area contributed by atoms with Gasteiger partial charge in [0, 0.05) is 25.7 Å². The average molecular weight is 573 g/mol. The predicted octanol–water partition coefficient (Wildman–Crippen LogP) is 4.79. The molecule has 0 unspecified atom stereocenters. The van der Waals surface area contributed by atoms with Crippen molar-refractivity contribution in [2.75, 3.05) is 43.9 Å². The zero-order chi connectivity index (χ0) is 27.4. The third kappa shape index (κ3) is 7.10. The molecule has 12 heteroatoms. The summed E-state index contributed by atoms with van der Waals surface area (Å²) < 4.78 is 40.6. The van der Waals surface area contributed by atoms with Crippen LogP contribution in [0.4, 0.5) is 23.1 Å². The number of halogens is 1. The van der Waals surface area contributed by atoms with Gasteiger partial charge in [-0.15, -0.1) is 0 Å². The van der Waals surface area contributed by atoms with Gasteiger partial charge in [-0.05, 0) is 63.4 Å². The summed E-state index contributed by atoms with van der Waals surface area (Å²) in [5.74, 6) is 2.28. The predicted molar refractivity (Wildman–Crippen MR) is 152 cm³/mol. The number of hydrogen-bond donors (Lipinski definition) is 3. The number of likely N-dealkylation sites (tertiary alicyclic amines) is 1. The van der Waals surface area contributed by atoms with Crippen molar-refractivity contribution in [3.8, 4) is 11.5 Å². The Hall–Kier alpha value is -3.12. The number of aromatic nitrogens is 2. The van der Waals surface area contributed by atoms with Crippen LogP contribution < -0.4 is 24.8 Å². The second-order valence-corrected chi connectivity index (χ2v) is 12.0. The highest BCUT2D eigenvalue weighted by Gasteiger charge is 2.26. The molecule has 1 saturated carbocycles. The fraction of sp³-hybridized carbons (Fsp3) is 0.407. The largest absolute Gasteiger partial charge is 0.492 e. The summed E-state index contributed by atoms with van der Waals surface area (Å²) in [4.78, 5) is 11.2. The monoisotopic (exact) mass is 572 g/mol. The highest BCUT2D eigenvalue weighted by atomic mass is 35.5. The molecule has 0 bridgehead atoms. The van der Waals surface area contributed by atoms with Crippen LogP contribution in [0.25, 0.3) is 0 Å². The normalized spacial score (nSPS) is 17.7. The van der Waals surface area contributed by atoms with E-state index in [2.05, 4.69) is 37.3 Å². The molecule has 10 nitrogen and oxygen atoms in total. The number of nitrogens with zero attached hydrogens (tertiary/aromatic N) is 3. The lowest BCUT2D eigenvalue weighted by Crippen LogP contribution is -2.26. The van der Waals surface area contributed by atoms with Gasteiger partial charge in [-0.25, -0.2) is 18.1 Å². The maximum atomic E-state index is 13.0. The number of rotatable bonds is 12. The summed E-state index contributed by atoms with van der Waals surface area (Å²) in [5, 5.41) is 6.50. The van der Waals surface area contributed by atoms with Crippen molar-refractivity contribution < 1.29 is 17.9 Å². The fourth-order valence-electron chi connectivity index (χ4n) is 4.33. The minimum Gasteiger partial charge on any atom is -0.492 e. The molecule has 208 valence electrons. The number of likely N-dealkylation sites (N-methyl/N-ethyl adjacent to an activating group) is 1. The topological polar surface area (TPSA) is 118 Å². The highest BCUT2D eigenvalue weighted by Crippen LogP contribution is 2.34. The van der Waals surface area contributed by atoms with Crippen molar-refractivity contribution in [2.24, 2.45) is 5.92 Å². The lowest BCUT2D eigenvalue weighted by molar-refractivity contribution is 0.207. The Kier molecular flexibility index (Phi) is 8.41. The van der Waals surface area contributed by atoms with Crippen molar-refractivity contribution in [2.45, 2.75) is 37.2 Å². The highest BCUT2D eigenvalue weighted by molar-refractivity contribution is 7.89. The van der Waals surface area contributed by atoms with Crippen molar-refractivity contribution >= 4 is 44.8 Å². The first-order valence-electron chi connectivity index (χ1n) is 13.1. The van der Waals surface area contributed by atoms with Gasteiger partial charge in [-0.3, -0.25) is 0 Å². The van der Waals surface area contributed by atoms with Gasteiger partial charge in [-0.1, -0.05) is 23.7 Å². The number of benzene rings is 2. The van der Waals surface area contributed by atoms with E-state index in [1.165, 1.54) is 6.20 Å². The van der Waals surface area contributed by atoms with Gasteiger partial charge in [0.2, 0.25) is 16.0 Å². The Morgan fingerprint density at radius 3 is 2.67 bits per heavy atom. The van der Waals surface area contributed by atoms with Crippen LogP contribution in [0.15, 0.2) is 53.6 Å². The molecular formula is C27H33ClN6O4S. The molecule has 0 spiro atoms. The molecule has 2 heterocycles. The van der Waals surface area contributed by atoms with E-state index in [9.17, 15) is 8.42 Å². The number of nitrogens with one attached hydrogen (secondary N) is 3. The van der Waals surface area contributed by atoms with Crippen molar-refractivity contribution in [3.05, 3.63) is 53.7 Å². The van der Waals surface area contributed by atoms with Crippen LogP contribution in [0.2, 0.25) is 5.02 Å². The van der Waals surface area contributed by atoms with Crippen LogP contribution in [-0.2, 0) is 10.0 Å². The van der Waals surface area contributed by atoms with Crippen LogP contribution in [-0.4, -0.2) is 62.7 Å². The van der Waals surface area contributed by atoms with E-state index in [1.54, 1.807) is 24.3 Å². The van der Waals surface area contributed by atoms with Gasteiger partial charge in [0.05, 0.1) is 24.2 Å². The van der Waals surface area contributed by atoms with E-state index in [4.69, 9.17) is 21.1 Å². The SMILES string of the molecule is CCOc1cc(O[C@H]2CCN(C)C2)ccc1Nc1ncc(Cl)c(Nc2ccccc2S(=O)(=O)NCC2CC2)n1. The maximum absolute atomic E-state index is 13.0. The first kappa shape index (κ1) is 27.4. The molecule has 3 aromatic rings. The number of anilines is 4. The van der Waals surface area contributed by atoms with Gasteiger partial charge >= 0.3 is 0 Å². The van der Waals surface area contributed by atoms with E-state index in [0.29, 0.717) is 36.2 Å². The summed E-state index contributed by atoms with van der Waals surface area (Å²) in [6.45, 7) is 4.72. The zero-order valence-electron chi connectivity index (χ0n) is 22.0. The molecule has 2 aliphatic rings. The van der Waals surface area contributed by atoms with Gasteiger partial charge < -0.3 is 25.0 Å². The van der Waals surface area contributed by atoms with E-state index in [-0.39, 0.29) is 27.8 Å². The molecule has 2 fully saturated rings. The minimum absolute atomic E-state index is 0.123. The molecule has 2 aromatic carbocycles. The Labute approximate surface area is 234 Å². The van der Waals surface area contributed by atoms with Crippen molar-refractivity contribution in [1.29, 1.82) is 0 Å². The fourth-order valence-corrected chi connectivity index (χ4v) is 5.75. The molecule has 1 atom stereocenters. The van der Waals surface area contributed by atoms with E-state index < -0.39 is 10.0 Å². The Morgan fingerprint density at radius 1 is 1.10 bits per heavy atom. The third-order valence-electron chi connectivity index (χ3n) is 6.58. The molecular weight excluding hydrogens is 540 g/mol. The van der Waals surface area contributed by atoms with E-state index >= 15 is 0 Å². The molecule has 0 amide bonds. The number of para-hydroxylation sites is 1. The van der Waals surface area contributed by atoms with Gasteiger partial charge in [0.25, 0.3) is 0 Å². The van der Waals surface area contributed by atoms with Crippen molar-refractivity contribution in [1.82, 2.24) is 19.6 Å².